The average Bonchev–Trinajstić information content (AvgIpc) is 2.79. The van der Waals surface area contributed by atoms with Gasteiger partial charge in [-0.3, -0.25) is 4.79 Å². The maximum Gasteiger partial charge on any atom is 0.251 e. The van der Waals surface area contributed by atoms with E-state index in [1.807, 2.05) is 6.08 Å². The Morgan fingerprint density at radius 3 is 2.03 bits per heavy atom. The van der Waals surface area contributed by atoms with Crippen LogP contribution in [-0.4, -0.2) is 27.2 Å². The molecule has 0 saturated heterocycles. The lowest BCUT2D eigenvalue weighted by Crippen LogP contribution is -2.14. The molecule has 5 heteroatoms. The van der Waals surface area contributed by atoms with E-state index in [2.05, 4.69) is 18.5 Å². The van der Waals surface area contributed by atoms with Crippen LogP contribution in [0.25, 0.3) is 0 Å². The van der Waals surface area contributed by atoms with Gasteiger partial charge < -0.3 is 19.5 Å². The zero-order valence-electron chi connectivity index (χ0n) is 20.4. The number of rotatable bonds is 17. The maximum atomic E-state index is 12.5. The van der Waals surface area contributed by atoms with Gasteiger partial charge in [0.1, 0.15) is 5.75 Å². The van der Waals surface area contributed by atoms with E-state index in [4.69, 9.17) is 14.2 Å². The van der Waals surface area contributed by atoms with Gasteiger partial charge in [0, 0.05) is 17.2 Å². The first-order valence-corrected chi connectivity index (χ1v) is 11.6. The third kappa shape index (κ3) is 8.81. The molecule has 0 aliphatic carbocycles. The summed E-state index contributed by atoms with van der Waals surface area (Å²) in [4.78, 5) is 12.5. The highest BCUT2D eigenvalue weighted by Crippen LogP contribution is 2.44. The number of anilines is 1. The molecule has 0 atom stereocenters. The first kappa shape index (κ1) is 27.3. The van der Waals surface area contributed by atoms with Crippen LogP contribution in [0, 0.1) is 0 Å². The lowest BCUT2D eigenvalue weighted by Gasteiger charge is -2.20. The highest BCUT2D eigenvalue weighted by Gasteiger charge is 2.21. The number of amides is 1. The molecule has 0 radical (unpaired) electrons. The van der Waals surface area contributed by atoms with Crippen molar-refractivity contribution in [2.75, 3.05) is 26.6 Å². The fourth-order valence-corrected chi connectivity index (χ4v) is 3.73. The van der Waals surface area contributed by atoms with Crippen molar-refractivity contribution in [2.45, 2.75) is 71.1 Å². The summed E-state index contributed by atoms with van der Waals surface area (Å²) in [5, 5.41) is 2.93. The highest BCUT2D eigenvalue weighted by molar-refractivity contribution is 6.04. The number of nitrogens with one attached hydrogen (secondary N) is 1. The summed E-state index contributed by atoms with van der Waals surface area (Å²) in [5.41, 5.74) is 2.05. The summed E-state index contributed by atoms with van der Waals surface area (Å²) in [6.45, 7) is 9.16. The van der Waals surface area contributed by atoms with Crippen LogP contribution in [0.3, 0.4) is 0 Å². The zero-order chi connectivity index (χ0) is 23.8. The SMILES string of the molecule is C=C/C=C(\C)C(=O)Nc1cc(OC)c(OC)c(CCCCCCCCCCC=C)c1OC. The molecule has 1 N–H and O–H groups in total. The topological polar surface area (TPSA) is 56.8 Å². The summed E-state index contributed by atoms with van der Waals surface area (Å²) in [7, 11) is 4.83. The predicted molar refractivity (Wildman–Crippen MR) is 134 cm³/mol. The third-order valence-corrected chi connectivity index (χ3v) is 5.48. The number of benzene rings is 1. The number of allylic oxidation sites excluding steroid dienone is 3. The van der Waals surface area contributed by atoms with Crippen LogP contribution in [0.5, 0.6) is 17.2 Å². The van der Waals surface area contributed by atoms with Crippen molar-refractivity contribution in [1.82, 2.24) is 0 Å². The number of ether oxygens (including phenoxy) is 3. The van der Waals surface area contributed by atoms with Crippen LogP contribution in [0.15, 0.2) is 43.0 Å². The summed E-state index contributed by atoms with van der Waals surface area (Å²) in [5.74, 6) is 1.63. The smallest absolute Gasteiger partial charge is 0.251 e. The van der Waals surface area contributed by atoms with Crippen molar-refractivity contribution in [2.24, 2.45) is 0 Å². The molecule has 1 rings (SSSR count). The van der Waals surface area contributed by atoms with Gasteiger partial charge in [0.25, 0.3) is 5.91 Å². The molecule has 178 valence electrons. The van der Waals surface area contributed by atoms with Crippen LogP contribution >= 0.6 is 0 Å². The van der Waals surface area contributed by atoms with E-state index in [-0.39, 0.29) is 5.91 Å². The number of unbranched alkanes of at least 4 members (excludes halogenated alkanes) is 8. The van der Waals surface area contributed by atoms with Crippen LogP contribution in [-0.2, 0) is 11.2 Å². The van der Waals surface area contributed by atoms with Gasteiger partial charge in [-0.25, -0.2) is 0 Å². The summed E-state index contributed by atoms with van der Waals surface area (Å²) in [6, 6.07) is 1.74. The highest BCUT2D eigenvalue weighted by atomic mass is 16.5. The van der Waals surface area contributed by atoms with Gasteiger partial charge in [-0.05, 0) is 32.6 Å². The average molecular weight is 444 g/mol. The van der Waals surface area contributed by atoms with E-state index >= 15 is 0 Å². The van der Waals surface area contributed by atoms with Gasteiger partial charge >= 0.3 is 0 Å². The summed E-state index contributed by atoms with van der Waals surface area (Å²) < 4.78 is 16.9. The standard InChI is InChI=1S/C27H41NO4/c1-7-9-10-11-12-13-14-15-16-17-19-22-25(31-5)23(20-24(30-4)26(22)32-6)28-27(29)21(3)18-8-2/h7-8,18,20H,1-2,9-17,19H2,3-6H3,(H,28,29)/b21-18+. The van der Waals surface area contributed by atoms with Crippen LogP contribution in [0.4, 0.5) is 5.69 Å². The molecule has 5 nitrogen and oxygen atoms in total. The number of carbonyl (C=O) groups excluding carboxylic acids is 1. The van der Waals surface area contributed by atoms with Gasteiger partial charge in [0.15, 0.2) is 11.5 Å². The van der Waals surface area contributed by atoms with Gasteiger partial charge in [-0.15, -0.1) is 6.58 Å². The van der Waals surface area contributed by atoms with E-state index in [0.717, 1.165) is 31.2 Å². The Bertz CT molecular complexity index is 767. The predicted octanol–water partition coefficient (Wildman–Crippen LogP) is 7.02. The van der Waals surface area contributed by atoms with Gasteiger partial charge in [-0.1, -0.05) is 63.3 Å². The first-order chi connectivity index (χ1) is 15.5. The van der Waals surface area contributed by atoms with Gasteiger partial charge in [0.2, 0.25) is 0 Å². The fourth-order valence-electron chi connectivity index (χ4n) is 3.73. The molecular weight excluding hydrogens is 402 g/mol. The lowest BCUT2D eigenvalue weighted by atomic mass is 10.0. The number of hydrogen-bond donors (Lipinski definition) is 1. The van der Waals surface area contributed by atoms with Crippen LogP contribution in [0.2, 0.25) is 0 Å². The van der Waals surface area contributed by atoms with E-state index in [9.17, 15) is 4.79 Å². The minimum absolute atomic E-state index is 0.213. The Kier molecular flexibility index (Phi) is 13.7. The summed E-state index contributed by atoms with van der Waals surface area (Å²) in [6.07, 6.45) is 16.9. The molecule has 1 aromatic carbocycles. The molecule has 1 aromatic rings. The van der Waals surface area contributed by atoms with Crippen molar-refractivity contribution in [3.8, 4) is 17.2 Å². The van der Waals surface area contributed by atoms with Gasteiger partial charge in [-0.2, -0.15) is 0 Å². The molecule has 0 saturated carbocycles. The molecule has 0 aliphatic rings. The van der Waals surface area contributed by atoms with Gasteiger partial charge in [0.05, 0.1) is 27.0 Å². The molecule has 0 aromatic heterocycles. The second-order valence-electron chi connectivity index (χ2n) is 7.87. The monoisotopic (exact) mass is 443 g/mol. The van der Waals surface area contributed by atoms with Crippen molar-refractivity contribution in [3.63, 3.8) is 0 Å². The van der Waals surface area contributed by atoms with Crippen molar-refractivity contribution < 1.29 is 19.0 Å². The quantitative estimate of drug-likeness (QED) is 0.122. The maximum absolute atomic E-state index is 12.5. The van der Waals surface area contributed by atoms with Crippen LogP contribution < -0.4 is 19.5 Å². The normalized spacial score (nSPS) is 11.1. The van der Waals surface area contributed by atoms with E-state index in [1.165, 1.54) is 38.5 Å². The Balaban J connectivity index is 2.83. The zero-order valence-corrected chi connectivity index (χ0v) is 20.4. The molecule has 0 spiro atoms. The van der Waals surface area contributed by atoms with E-state index in [1.54, 1.807) is 46.5 Å². The van der Waals surface area contributed by atoms with Crippen molar-refractivity contribution in [1.29, 1.82) is 0 Å². The Morgan fingerprint density at radius 2 is 1.50 bits per heavy atom. The Labute approximate surface area is 194 Å². The molecule has 0 heterocycles. The van der Waals surface area contributed by atoms with Crippen molar-refractivity contribution in [3.05, 3.63) is 48.6 Å². The first-order valence-electron chi connectivity index (χ1n) is 11.6. The number of methoxy groups -OCH3 is 3. The second-order valence-corrected chi connectivity index (χ2v) is 7.87. The molecule has 1 amide bonds. The Morgan fingerprint density at radius 1 is 0.906 bits per heavy atom. The van der Waals surface area contributed by atoms with E-state index in [0.29, 0.717) is 28.5 Å². The lowest BCUT2D eigenvalue weighted by molar-refractivity contribution is -0.112. The molecule has 0 fully saturated rings. The molecule has 0 bridgehead atoms. The summed E-state index contributed by atoms with van der Waals surface area (Å²) >= 11 is 0. The molecule has 0 unspecified atom stereocenters. The third-order valence-electron chi connectivity index (χ3n) is 5.48. The van der Waals surface area contributed by atoms with Crippen LogP contribution in [0.1, 0.15) is 70.3 Å². The molecular formula is C27H41NO4. The van der Waals surface area contributed by atoms with E-state index < -0.39 is 0 Å². The minimum Gasteiger partial charge on any atom is -0.494 e. The molecule has 0 aliphatic heterocycles. The largest absolute Gasteiger partial charge is 0.494 e. The number of hydrogen-bond acceptors (Lipinski definition) is 4. The molecule has 32 heavy (non-hydrogen) atoms. The minimum atomic E-state index is -0.213. The number of carbonyl (C=O) groups is 1. The second kappa shape index (κ2) is 16.0. The van der Waals surface area contributed by atoms with Crippen molar-refractivity contribution >= 4 is 11.6 Å². The Hall–Kier alpha value is -2.69. The fraction of sp³-hybridized carbons (Fsp3) is 0.519.